The van der Waals surface area contributed by atoms with Gasteiger partial charge in [0.2, 0.25) is 0 Å². The van der Waals surface area contributed by atoms with Gasteiger partial charge >= 0.3 is 7.82 Å². The number of phosphoric acid groups is 1. The van der Waals surface area contributed by atoms with E-state index in [9.17, 15) is 9.46 Å². The summed E-state index contributed by atoms with van der Waals surface area (Å²) < 4.78 is 20.9. The molecule has 0 aliphatic rings. The van der Waals surface area contributed by atoms with Crippen LogP contribution >= 0.6 is 7.82 Å². The van der Waals surface area contributed by atoms with Gasteiger partial charge < -0.3 is 10.6 Å². The lowest BCUT2D eigenvalue weighted by Crippen LogP contribution is -1.98. The van der Waals surface area contributed by atoms with Gasteiger partial charge in [0.15, 0.2) is 0 Å². The first-order valence-corrected chi connectivity index (χ1v) is 11.4. The molecular formula is C18H42NO4P. The summed E-state index contributed by atoms with van der Waals surface area (Å²) in [5.74, 6) is 0. The van der Waals surface area contributed by atoms with Crippen molar-refractivity contribution in [1.29, 1.82) is 0 Å². The zero-order valence-corrected chi connectivity index (χ0v) is 17.2. The van der Waals surface area contributed by atoms with Crippen LogP contribution in [-0.2, 0) is 13.6 Å². The minimum absolute atomic E-state index is 0.301. The highest BCUT2D eigenvalue weighted by molar-refractivity contribution is 7.47. The van der Waals surface area contributed by atoms with Crippen molar-refractivity contribution in [3.63, 3.8) is 0 Å². The summed E-state index contributed by atoms with van der Waals surface area (Å²) in [6.07, 6.45) is 13.8. The van der Waals surface area contributed by atoms with Crippen molar-refractivity contribution in [1.82, 2.24) is 0 Å². The van der Waals surface area contributed by atoms with E-state index in [1.165, 1.54) is 38.5 Å². The third kappa shape index (κ3) is 24.3. The summed E-state index contributed by atoms with van der Waals surface area (Å²) >= 11 is 0. The number of unbranched alkanes of at least 4 members (excludes halogenated alkanes) is 9. The van der Waals surface area contributed by atoms with Crippen LogP contribution < -0.4 is 5.73 Å². The first-order valence-electron chi connectivity index (χ1n) is 9.85. The normalized spacial score (nSPS) is 11.2. The summed E-state index contributed by atoms with van der Waals surface area (Å²) in [4.78, 5) is 9.22. The van der Waals surface area contributed by atoms with Crippen LogP contribution in [0.2, 0.25) is 0 Å². The maximum Gasteiger partial charge on any atom is 0.472 e. The molecule has 6 heteroatoms. The van der Waals surface area contributed by atoms with E-state index in [0.29, 0.717) is 13.2 Å². The molecule has 0 spiro atoms. The molecule has 0 saturated heterocycles. The first kappa shape index (κ1) is 26.3. The Labute approximate surface area is 150 Å². The molecule has 0 rings (SSSR count). The molecule has 0 aliphatic heterocycles. The molecule has 0 fully saturated rings. The van der Waals surface area contributed by atoms with E-state index in [4.69, 9.17) is 14.8 Å². The average Bonchev–Trinajstić information content (AvgIpc) is 2.56. The van der Waals surface area contributed by atoms with E-state index in [2.05, 4.69) is 20.8 Å². The van der Waals surface area contributed by atoms with Crippen LogP contribution in [0.4, 0.5) is 0 Å². The van der Waals surface area contributed by atoms with Crippen LogP contribution in [0.3, 0.4) is 0 Å². The molecule has 24 heavy (non-hydrogen) atoms. The maximum atomic E-state index is 11.3. The van der Waals surface area contributed by atoms with Crippen molar-refractivity contribution in [2.24, 2.45) is 5.73 Å². The molecule has 0 aromatic rings. The minimum Gasteiger partial charge on any atom is -0.330 e. The van der Waals surface area contributed by atoms with E-state index in [-0.39, 0.29) is 0 Å². The molecule has 0 bridgehead atoms. The molecular weight excluding hydrogens is 325 g/mol. The largest absolute Gasteiger partial charge is 0.472 e. The minimum atomic E-state index is -3.77. The Bertz CT molecular complexity index is 256. The monoisotopic (exact) mass is 367 g/mol. The molecule has 0 aromatic heterocycles. The van der Waals surface area contributed by atoms with Crippen LogP contribution in [0.15, 0.2) is 0 Å². The van der Waals surface area contributed by atoms with E-state index in [1.54, 1.807) is 0 Å². The van der Waals surface area contributed by atoms with E-state index >= 15 is 0 Å². The smallest absolute Gasteiger partial charge is 0.330 e. The highest BCUT2D eigenvalue weighted by atomic mass is 31.2. The summed E-state index contributed by atoms with van der Waals surface area (Å²) in [5.41, 5.74) is 5.34. The lowest BCUT2D eigenvalue weighted by atomic mass is 10.1. The van der Waals surface area contributed by atoms with Crippen molar-refractivity contribution in [2.45, 2.75) is 97.8 Å². The van der Waals surface area contributed by atoms with Gasteiger partial charge in [-0.2, -0.15) is 0 Å². The summed E-state index contributed by atoms with van der Waals surface area (Å²) in [7, 11) is -3.77. The van der Waals surface area contributed by atoms with Crippen LogP contribution in [-0.4, -0.2) is 24.7 Å². The quantitative estimate of drug-likeness (QED) is 0.266. The van der Waals surface area contributed by atoms with E-state index < -0.39 is 7.82 Å². The van der Waals surface area contributed by atoms with Gasteiger partial charge in [-0.15, -0.1) is 0 Å². The molecule has 0 unspecified atom stereocenters. The Morgan fingerprint density at radius 1 is 0.708 bits per heavy atom. The summed E-state index contributed by atoms with van der Waals surface area (Å²) in [6.45, 7) is 7.85. The second-order valence-electron chi connectivity index (χ2n) is 6.11. The second kappa shape index (κ2) is 21.1. The highest BCUT2D eigenvalue weighted by Gasteiger charge is 2.19. The van der Waals surface area contributed by atoms with Crippen LogP contribution in [0.5, 0.6) is 0 Å². The van der Waals surface area contributed by atoms with Crippen LogP contribution in [0.25, 0.3) is 0 Å². The predicted octanol–water partition coefficient (Wildman–Crippen LogP) is 5.81. The zero-order chi connectivity index (χ0) is 18.5. The zero-order valence-electron chi connectivity index (χ0n) is 16.3. The average molecular weight is 368 g/mol. The van der Waals surface area contributed by atoms with Gasteiger partial charge in [0.05, 0.1) is 13.2 Å². The highest BCUT2D eigenvalue weighted by Crippen LogP contribution is 2.43. The molecule has 0 radical (unpaired) electrons. The Morgan fingerprint density at radius 2 is 1.08 bits per heavy atom. The van der Waals surface area contributed by atoms with Gasteiger partial charge in [0, 0.05) is 0 Å². The molecule has 0 aliphatic carbocycles. The van der Waals surface area contributed by atoms with Gasteiger partial charge in [0.1, 0.15) is 0 Å². The fourth-order valence-electron chi connectivity index (χ4n) is 2.03. The van der Waals surface area contributed by atoms with Crippen molar-refractivity contribution in [3.05, 3.63) is 0 Å². The van der Waals surface area contributed by atoms with Crippen molar-refractivity contribution < 1.29 is 18.5 Å². The van der Waals surface area contributed by atoms with Crippen LogP contribution in [0.1, 0.15) is 97.8 Å². The third-order valence-corrected chi connectivity index (χ3v) is 4.58. The maximum absolute atomic E-state index is 11.3. The standard InChI is InChI=1S/C10H23O4P.C8H19N/c1-3-5-7-9-13-15(11,12)14-10-8-6-4-2;1-2-3-4-5-6-7-8-9/h3-10H2,1-2H3,(H,11,12);2-9H2,1H3. The van der Waals surface area contributed by atoms with E-state index in [1.807, 2.05) is 0 Å². The fourth-order valence-corrected chi connectivity index (χ4v) is 2.82. The molecule has 5 nitrogen and oxygen atoms in total. The lowest BCUT2D eigenvalue weighted by molar-refractivity contribution is 0.145. The van der Waals surface area contributed by atoms with Gasteiger partial charge in [0.25, 0.3) is 0 Å². The molecule has 0 aromatic carbocycles. The fraction of sp³-hybridized carbons (Fsp3) is 1.00. The SMILES string of the molecule is CCCCCCCCN.CCCCCOP(=O)(O)OCCCCC. The first-order chi connectivity index (χ1) is 11.5. The van der Waals surface area contributed by atoms with Crippen molar-refractivity contribution in [3.8, 4) is 0 Å². The lowest BCUT2D eigenvalue weighted by Gasteiger charge is -2.11. The molecule has 0 saturated carbocycles. The van der Waals surface area contributed by atoms with Gasteiger partial charge in [-0.25, -0.2) is 4.57 Å². The number of rotatable bonds is 16. The third-order valence-electron chi connectivity index (χ3n) is 3.56. The number of phosphoric ester groups is 1. The van der Waals surface area contributed by atoms with E-state index in [0.717, 1.165) is 45.1 Å². The van der Waals surface area contributed by atoms with Crippen LogP contribution in [0, 0.1) is 0 Å². The van der Waals surface area contributed by atoms with Gasteiger partial charge in [-0.1, -0.05) is 78.6 Å². The summed E-state index contributed by atoms with van der Waals surface area (Å²) in [6, 6.07) is 0. The molecule has 0 heterocycles. The number of hydrogen-bond acceptors (Lipinski definition) is 4. The van der Waals surface area contributed by atoms with Gasteiger partial charge in [-0.05, 0) is 25.8 Å². The Morgan fingerprint density at radius 3 is 1.50 bits per heavy atom. The van der Waals surface area contributed by atoms with Crippen molar-refractivity contribution >= 4 is 7.82 Å². The van der Waals surface area contributed by atoms with Gasteiger partial charge in [-0.3, -0.25) is 9.05 Å². The topological polar surface area (TPSA) is 81.8 Å². The second-order valence-corrected chi connectivity index (χ2v) is 7.56. The molecule has 0 atom stereocenters. The molecule has 0 amide bonds. The molecule has 3 N–H and O–H groups in total. The number of hydrogen-bond donors (Lipinski definition) is 2. The Kier molecular flexibility index (Phi) is 23.1. The predicted molar refractivity (Wildman–Crippen MR) is 103 cm³/mol. The van der Waals surface area contributed by atoms with Crippen molar-refractivity contribution in [2.75, 3.05) is 19.8 Å². The Balaban J connectivity index is 0. The summed E-state index contributed by atoms with van der Waals surface area (Å²) in [5, 5.41) is 0. The molecule has 148 valence electrons. The Hall–Kier alpha value is 0.0700. The number of nitrogens with two attached hydrogens (primary N) is 1.